The normalized spacial score (nSPS) is 11.7. The maximum Gasteiger partial charge on any atom is 0.419 e. The van der Waals surface area contributed by atoms with Crippen LogP contribution in [0.15, 0.2) is 45.4 Å². The van der Waals surface area contributed by atoms with Gasteiger partial charge in [-0.3, -0.25) is 19.1 Å². The Hall–Kier alpha value is -3.87. The number of carbonyl (C=O) groups is 1. The van der Waals surface area contributed by atoms with Crippen LogP contribution in [0.25, 0.3) is 22.3 Å². The first kappa shape index (κ1) is 22.3. The molecule has 0 saturated carbocycles. The molecule has 4 aromatic rings. The van der Waals surface area contributed by atoms with Gasteiger partial charge < -0.3 is 5.32 Å². The number of halogens is 4. The fourth-order valence-corrected chi connectivity index (χ4v) is 3.87. The van der Waals surface area contributed by atoms with E-state index < -0.39 is 34.7 Å². The summed E-state index contributed by atoms with van der Waals surface area (Å²) < 4.78 is 52.9. The summed E-state index contributed by atoms with van der Waals surface area (Å²) in [4.78, 5) is 47.2. The Labute approximate surface area is 185 Å². The lowest BCUT2D eigenvalue weighted by Crippen LogP contribution is -2.33. The molecule has 13 heteroatoms. The first-order valence-corrected chi connectivity index (χ1v) is 10.1. The standard InChI is InChI=1S/C20H13F4N5O3S/c1-29-17(31)15-10(4-5-25-16(15)28-19(29)32)7-14(30)27-18-26-13(8-33-18)9-2-3-11(12(21)6-9)20(22,23)24/h2-6,8H,7H2,1H3,(H,25,28,32)(H,26,27,30). The number of pyridine rings is 1. The van der Waals surface area contributed by atoms with Crippen molar-refractivity contribution in [2.45, 2.75) is 12.6 Å². The molecule has 8 nitrogen and oxygen atoms in total. The van der Waals surface area contributed by atoms with Crippen molar-refractivity contribution in [1.29, 1.82) is 0 Å². The number of thiazole rings is 1. The number of benzene rings is 1. The molecule has 1 amide bonds. The summed E-state index contributed by atoms with van der Waals surface area (Å²) in [6, 6.07) is 3.91. The molecule has 0 spiro atoms. The zero-order valence-electron chi connectivity index (χ0n) is 16.7. The van der Waals surface area contributed by atoms with E-state index in [0.717, 1.165) is 28.0 Å². The molecule has 0 unspecified atom stereocenters. The molecule has 3 aromatic heterocycles. The van der Waals surface area contributed by atoms with Crippen LogP contribution >= 0.6 is 11.3 Å². The molecule has 0 fully saturated rings. The molecule has 33 heavy (non-hydrogen) atoms. The predicted octanol–water partition coefficient (Wildman–Crippen LogP) is 3.08. The summed E-state index contributed by atoms with van der Waals surface area (Å²) >= 11 is 0.997. The topological polar surface area (TPSA) is 110 Å². The van der Waals surface area contributed by atoms with Gasteiger partial charge in [-0.15, -0.1) is 11.3 Å². The van der Waals surface area contributed by atoms with Crippen molar-refractivity contribution < 1.29 is 22.4 Å². The van der Waals surface area contributed by atoms with E-state index in [9.17, 15) is 31.9 Å². The molecule has 0 aliphatic heterocycles. The van der Waals surface area contributed by atoms with Gasteiger partial charge in [0, 0.05) is 24.2 Å². The Morgan fingerprint density at radius 3 is 2.70 bits per heavy atom. The number of hydrogen-bond acceptors (Lipinski definition) is 6. The SMILES string of the molecule is Cn1c(=O)[nH]c2nccc(CC(=O)Nc3nc(-c4ccc(C(F)(F)F)c(F)c4)cs3)c2c1=O. The second kappa shape index (κ2) is 8.24. The van der Waals surface area contributed by atoms with Gasteiger partial charge in [-0.1, -0.05) is 6.07 Å². The number of carbonyl (C=O) groups excluding carboxylic acids is 1. The Kier molecular flexibility index (Phi) is 5.57. The Morgan fingerprint density at radius 2 is 2.00 bits per heavy atom. The number of hydrogen-bond donors (Lipinski definition) is 2. The maximum atomic E-state index is 13.8. The highest BCUT2D eigenvalue weighted by Crippen LogP contribution is 2.34. The van der Waals surface area contributed by atoms with Crippen LogP contribution in [0.5, 0.6) is 0 Å². The maximum absolute atomic E-state index is 13.8. The molecule has 0 radical (unpaired) electrons. The van der Waals surface area contributed by atoms with Gasteiger partial charge in [-0.25, -0.2) is 19.2 Å². The third kappa shape index (κ3) is 4.39. The lowest BCUT2D eigenvalue weighted by molar-refractivity contribution is -0.140. The third-order valence-corrected chi connectivity index (χ3v) is 5.52. The first-order valence-electron chi connectivity index (χ1n) is 9.24. The highest BCUT2D eigenvalue weighted by atomic mass is 32.1. The van der Waals surface area contributed by atoms with Crippen LogP contribution in [0.2, 0.25) is 0 Å². The van der Waals surface area contributed by atoms with Gasteiger partial charge in [-0.05, 0) is 23.8 Å². The fourth-order valence-electron chi connectivity index (χ4n) is 3.13. The van der Waals surface area contributed by atoms with E-state index in [4.69, 9.17) is 0 Å². The second-order valence-electron chi connectivity index (χ2n) is 6.94. The van der Waals surface area contributed by atoms with Crippen LogP contribution in [0, 0.1) is 5.82 Å². The van der Waals surface area contributed by atoms with Crippen molar-refractivity contribution in [3.63, 3.8) is 0 Å². The Morgan fingerprint density at radius 1 is 1.24 bits per heavy atom. The van der Waals surface area contributed by atoms with Gasteiger partial charge in [-0.2, -0.15) is 13.2 Å². The van der Waals surface area contributed by atoms with E-state index in [-0.39, 0.29) is 33.8 Å². The van der Waals surface area contributed by atoms with Gasteiger partial charge in [0.2, 0.25) is 5.91 Å². The number of alkyl halides is 3. The van der Waals surface area contributed by atoms with E-state index in [0.29, 0.717) is 11.6 Å². The monoisotopic (exact) mass is 479 g/mol. The van der Waals surface area contributed by atoms with Gasteiger partial charge >= 0.3 is 11.9 Å². The number of nitrogens with one attached hydrogen (secondary N) is 2. The van der Waals surface area contributed by atoms with Crippen LogP contribution < -0.4 is 16.6 Å². The largest absolute Gasteiger partial charge is 0.419 e. The highest BCUT2D eigenvalue weighted by Gasteiger charge is 2.34. The van der Waals surface area contributed by atoms with E-state index in [1.807, 2.05) is 0 Å². The number of aromatic nitrogens is 4. The minimum absolute atomic E-state index is 0.0502. The van der Waals surface area contributed by atoms with Crippen molar-refractivity contribution in [1.82, 2.24) is 19.5 Å². The van der Waals surface area contributed by atoms with Crippen LogP contribution in [-0.2, 0) is 24.4 Å². The third-order valence-electron chi connectivity index (χ3n) is 4.76. The Balaban J connectivity index is 1.55. The molecule has 4 rings (SSSR count). The summed E-state index contributed by atoms with van der Waals surface area (Å²) in [5, 5.41) is 4.22. The molecule has 0 bridgehead atoms. The number of rotatable bonds is 4. The smallest absolute Gasteiger partial charge is 0.302 e. The molecule has 1 aromatic carbocycles. The Bertz CT molecular complexity index is 1510. The number of anilines is 1. The molecule has 2 N–H and O–H groups in total. The average Bonchev–Trinajstić information content (AvgIpc) is 3.19. The van der Waals surface area contributed by atoms with E-state index in [2.05, 4.69) is 20.3 Å². The molecule has 170 valence electrons. The highest BCUT2D eigenvalue weighted by molar-refractivity contribution is 7.14. The van der Waals surface area contributed by atoms with Crippen molar-refractivity contribution in [2.75, 3.05) is 5.32 Å². The summed E-state index contributed by atoms with van der Waals surface area (Å²) in [7, 11) is 1.29. The van der Waals surface area contributed by atoms with E-state index in [1.54, 1.807) is 0 Å². The number of fused-ring (bicyclic) bond motifs is 1. The predicted molar refractivity (Wildman–Crippen MR) is 112 cm³/mol. The van der Waals surface area contributed by atoms with Crippen LogP contribution in [0.4, 0.5) is 22.7 Å². The summed E-state index contributed by atoms with van der Waals surface area (Å²) in [6.07, 6.45) is -3.69. The van der Waals surface area contributed by atoms with Crippen LogP contribution in [0.3, 0.4) is 0 Å². The minimum atomic E-state index is -4.81. The van der Waals surface area contributed by atoms with Gasteiger partial charge in [0.15, 0.2) is 5.13 Å². The lowest BCUT2D eigenvalue weighted by atomic mass is 10.1. The van der Waals surface area contributed by atoms with Crippen molar-refractivity contribution in [3.05, 3.63) is 73.6 Å². The molecular formula is C20H13F4N5O3S. The van der Waals surface area contributed by atoms with E-state index in [1.165, 1.54) is 24.7 Å². The number of aromatic amines is 1. The van der Waals surface area contributed by atoms with Crippen LogP contribution in [-0.4, -0.2) is 25.4 Å². The fraction of sp³-hybridized carbons (Fsp3) is 0.150. The van der Waals surface area contributed by atoms with Crippen molar-refractivity contribution in [3.8, 4) is 11.3 Å². The molecule has 0 saturated heterocycles. The van der Waals surface area contributed by atoms with Crippen molar-refractivity contribution in [2.24, 2.45) is 7.05 Å². The summed E-state index contributed by atoms with van der Waals surface area (Å²) in [5.74, 6) is -1.96. The van der Waals surface area contributed by atoms with Crippen LogP contribution in [0.1, 0.15) is 11.1 Å². The average molecular weight is 479 g/mol. The minimum Gasteiger partial charge on any atom is -0.302 e. The van der Waals surface area contributed by atoms with Crippen molar-refractivity contribution >= 4 is 33.4 Å². The first-order chi connectivity index (χ1) is 15.5. The molecular weight excluding hydrogens is 466 g/mol. The van der Waals surface area contributed by atoms with E-state index >= 15 is 0 Å². The second-order valence-corrected chi connectivity index (χ2v) is 7.80. The molecule has 0 aliphatic rings. The number of amides is 1. The lowest BCUT2D eigenvalue weighted by Gasteiger charge is -2.08. The van der Waals surface area contributed by atoms with Gasteiger partial charge in [0.05, 0.1) is 23.1 Å². The van der Waals surface area contributed by atoms with Gasteiger partial charge in [0.1, 0.15) is 11.5 Å². The van der Waals surface area contributed by atoms with Gasteiger partial charge in [0.25, 0.3) is 5.56 Å². The molecule has 0 aliphatic carbocycles. The zero-order chi connectivity index (χ0) is 23.9. The summed E-state index contributed by atoms with van der Waals surface area (Å²) in [5.41, 5.74) is -1.95. The summed E-state index contributed by atoms with van der Waals surface area (Å²) in [6.45, 7) is 0. The number of nitrogens with zero attached hydrogens (tertiary/aromatic N) is 3. The quantitative estimate of drug-likeness (QED) is 0.437. The zero-order valence-corrected chi connectivity index (χ0v) is 17.5. The molecule has 3 heterocycles. The number of H-pyrrole nitrogens is 1. The molecule has 0 atom stereocenters.